The average molecular weight is 261 g/mol. The molecule has 0 aliphatic heterocycles. The van der Waals surface area contributed by atoms with Gasteiger partial charge in [-0.3, -0.25) is 4.79 Å². The van der Waals surface area contributed by atoms with Crippen LogP contribution in [0.3, 0.4) is 0 Å². The third kappa shape index (κ3) is 3.86. The first kappa shape index (κ1) is 14.8. The van der Waals surface area contributed by atoms with Crippen LogP contribution < -0.4 is 5.73 Å². The Morgan fingerprint density at radius 2 is 2.29 bits per heavy atom. The predicted octanol–water partition coefficient (Wildman–Crippen LogP) is 1.30. The Hall–Kier alpha value is -0.260. The zero-order chi connectivity index (χ0) is 13.1. The number of esters is 1. The van der Waals surface area contributed by atoms with Crippen LogP contribution in [0.2, 0.25) is 0 Å². The van der Waals surface area contributed by atoms with Crippen molar-refractivity contribution in [3.63, 3.8) is 0 Å². The standard InChI is InChI=1S/C12H23NO3S/c1-4-16-11(15)12(13)6-5-10(7-12)17-9(3)8(2)14/h8-10,14H,4-7,13H2,1-3H3. The molecule has 0 bridgehead atoms. The van der Waals surface area contributed by atoms with E-state index in [9.17, 15) is 9.90 Å². The van der Waals surface area contributed by atoms with E-state index in [2.05, 4.69) is 0 Å². The maximum Gasteiger partial charge on any atom is 0.326 e. The number of ether oxygens (including phenoxy) is 1. The van der Waals surface area contributed by atoms with E-state index < -0.39 is 5.54 Å². The van der Waals surface area contributed by atoms with Crippen LogP contribution in [0.15, 0.2) is 0 Å². The molecular weight excluding hydrogens is 238 g/mol. The fourth-order valence-electron chi connectivity index (χ4n) is 2.02. The summed E-state index contributed by atoms with van der Waals surface area (Å²) in [5.74, 6) is -0.284. The van der Waals surface area contributed by atoms with Gasteiger partial charge in [-0.15, -0.1) is 0 Å². The molecule has 17 heavy (non-hydrogen) atoms. The lowest BCUT2D eigenvalue weighted by molar-refractivity contribution is -0.149. The van der Waals surface area contributed by atoms with Crippen LogP contribution in [0.25, 0.3) is 0 Å². The quantitative estimate of drug-likeness (QED) is 0.730. The van der Waals surface area contributed by atoms with Crippen molar-refractivity contribution in [3.05, 3.63) is 0 Å². The highest BCUT2D eigenvalue weighted by molar-refractivity contribution is 8.00. The van der Waals surface area contributed by atoms with Crippen LogP contribution in [0.1, 0.15) is 40.0 Å². The van der Waals surface area contributed by atoms with Crippen molar-refractivity contribution in [1.29, 1.82) is 0 Å². The maximum absolute atomic E-state index is 11.7. The molecule has 0 saturated heterocycles. The number of aliphatic hydroxyl groups excluding tert-OH is 1. The molecule has 0 spiro atoms. The second kappa shape index (κ2) is 6.07. The minimum absolute atomic E-state index is 0.171. The summed E-state index contributed by atoms with van der Waals surface area (Å²) in [6.45, 7) is 5.95. The van der Waals surface area contributed by atoms with Crippen LogP contribution in [-0.2, 0) is 9.53 Å². The Morgan fingerprint density at radius 1 is 1.65 bits per heavy atom. The molecule has 1 rings (SSSR count). The fraction of sp³-hybridized carbons (Fsp3) is 0.917. The first-order chi connectivity index (χ1) is 7.89. The highest BCUT2D eigenvalue weighted by Gasteiger charge is 2.43. The highest BCUT2D eigenvalue weighted by atomic mass is 32.2. The molecule has 1 aliphatic rings. The summed E-state index contributed by atoms with van der Waals surface area (Å²) in [4.78, 5) is 11.7. The van der Waals surface area contributed by atoms with Crippen molar-refractivity contribution in [3.8, 4) is 0 Å². The number of rotatable bonds is 5. The van der Waals surface area contributed by atoms with Gasteiger partial charge in [0.05, 0.1) is 12.7 Å². The van der Waals surface area contributed by atoms with Crippen LogP contribution in [0, 0.1) is 0 Å². The SMILES string of the molecule is CCOC(=O)C1(N)CCC(SC(C)C(C)O)C1. The molecule has 1 fully saturated rings. The van der Waals surface area contributed by atoms with Crippen LogP contribution >= 0.6 is 11.8 Å². The van der Waals surface area contributed by atoms with Crippen molar-refractivity contribution >= 4 is 17.7 Å². The number of carbonyl (C=O) groups excluding carboxylic acids is 1. The summed E-state index contributed by atoms with van der Waals surface area (Å²) in [5.41, 5.74) is 5.27. The Bertz CT molecular complexity index is 272. The Morgan fingerprint density at radius 3 is 2.82 bits per heavy atom. The molecule has 1 saturated carbocycles. The summed E-state index contributed by atoms with van der Waals surface area (Å²) in [6, 6.07) is 0. The van der Waals surface area contributed by atoms with Gasteiger partial charge in [0.25, 0.3) is 0 Å². The van der Waals surface area contributed by atoms with Gasteiger partial charge in [0.1, 0.15) is 5.54 Å². The van der Waals surface area contributed by atoms with Gasteiger partial charge in [-0.2, -0.15) is 11.8 Å². The van der Waals surface area contributed by atoms with Crippen molar-refractivity contribution in [2.24, 2.45) is 5.73 Å². The number of hydrogen-bond donors (Lipinski definition) is 2. The highest BCUT2D eigenvalue weighted by Crippen LogP contribution is 2.38. The summed E-state index contributed by atoms with van der Waals surface area (Å²) < 4.78 is 5.01. The monoisotopic (exact) mass is 261 g/mol. The molecule has 0 heterocycles. The van der Waals surface area contributed by atoms with Crippen molar-refractivity contribution in [2.45, 2.75) is 62.2 Å². The molecular formula is C12H23NO3S. The van der Waals surface area contributed by atoms with Gasteiger partial charge in [0, 0.05) is 10.5 Å². The van der Waals surface area contributed by atoms with Crippen LogP contribution in [0.4, 0.5) is 0 Å². The molecule has 5 heteroatoms. The van der Waals surface area contributed by atoms with E-state index >= 15 is 0 Å². The molecule has 0 aromatic carbocycles. The van der Waals surface area contributed by atoms with Crippen molar-refractivity contribution < 1.29 is 14.6 Å². The van der Waals surface area contributed by atoms with Gasteiger partial charge in [-0.05, 0) is 33.1 Å². The summed E-state index contributed by atoms with van der Waals surface area (Å²) >= 11 is 1.72. The summed E-state index contributed by atoms with van der Waals surface area (Å²) in [6.07, 6.45) is 1.90. The molecule has 4 unspecified atom stereocenters. The Kier molecular flexibility index (Phi) is 5.28. The molecule has 100 valence electrons. The number of aliphatic hydroxyl groups is 1. The zero-order valence-electron chi connectivity index (χ0n) is 10.8. The second-order valence-corrected chi connectivity index (χ2v) is 6.51. The van der Waals surface area contributed by atoms with Gasteiger partial charge < -0.3 is 15.6 Å². The minimum atomic E-state index is -0.813. The molecule has 0 amide bonds. The number of carbonyl (C=O) groups is 1. The Balaban J connectivity index is 2.48. The largest absolute Gasteiger partial charge is 0.465 e. The molecule has 0 aromatic heterocycles. The smallest absolute Gasteiger partial charge is 0.326 e. The summed E-state index contributed by atoms with van der Waals surface area (Å²) in [5, 5.41) is 9.97. The van der Waals surface area contributed by atoms with E-state index in [1.54, 1.807) is 25.6 Å². The molecule has 4 nitrogen and oxygen atoms in total. The summed E-state index contributed by atoms with van der Waals surface area (Å²) in [7, 11) is 0. The first-order valence-corrected chi connectivity index (χ1v) is 7.13. The molecule has 3 N–H and O–H groups in total. The second-order valence-electron chi connectivity index (χ2n) is 4.82. The van der Waals surface area contributed by atoms with Gasteiger partial charge in [0.15, 0.2) is 0 Å². The van der Waals surface area contributed by atoms with E-state index in [1.807, 2.05) is 6.92 Å². The maximum atomic E-state index is 11.7. The van der Waals surface area contributed by atoms with Crippen LogP contribution in [0.5, 0.6) is 0 Å². The predicted molar refractivity (Wildman–Crippen MR) is 69.9 cm³/mol. The van der Waals surface area contributed by atoms with E-state index in [-0.39, 0.29) is 17.3 Å². The van der Waals surface area contributed by atoms with E-state index in [4.69, 9.17) is 10.5 Å². The Labute approximate surface area is 107 Å². The fourth-order valence-corrected chi connectivity index (χ4v) is 3.50. The van der Waals surface area contributed by atoms with Gasteiger partial charge in [0.2, 0.25) is 0 Å². The van der Waals surface area contributed by atoms with Gasteiger partial charge >= 0.3 is 5.97 Å². The lowest BCUT2D eigenvalue weighted by atomic mass is 10.00. The average Bonchev–Trinajstić information content (AvgIpc) is 2.62. The lowest BCUT2D eigenvalue weighted by Crippen LogP contribution is -2.47. The lowest BCUT2D eigenvalue weighted by Gasteiger charge is -2.23. The number of thioether (sulfide) groups is 1. The molecule has 0 aromatic rings. The van der Waals surface area contributed by atoms with E-state index in [1.165, 1.54) is 0 Å². The van der Waals surface area contributed by atoms with E-state index in [0.717, 1.165) is 6.42 Å². The molecule has 1 aliphatic carbocycles. The zero-order valence-corrected chi connectivity index (χ0v) is 11.6. The van der Waals surface area contributed by atoms with Crippen molar-refractivity contribution in [2.75, 3.05) is 6.61 Å². The van der Waals surface area contributed by atoms with Crippen LogP contribution in [-0.4, -0.2) is 39.8 Å². The number of nitrogens with two attached hydrogens (primary N) is 1. The molecule has 4 atom stereocenters. The molecule has 0 radical (unpaired) electrons. The minimum Gasteiger partial charge on any atom is -0.465 e. The third-order valence-electron chi connectivity index (χ3n) is 3.27. The third-order valence-corrected chi connectivity index (χ3v) is 4.88. The normalized spacial score (nSPS) is 32.2. The van der Waals surface area contributed by atoms with Gasteiger partial charge in [-0.1, -0.05) is 6.92 Å². The first-order valence-electron chi connectivity index (χ1n) is 6.18. The topological polar surface area (TPSA) is 72.5 Å². The van der Waals surface area contributed by atoms with E-state index in [0.29, 0.717) is 24.7 Å². The van der Waals surface area contributed by atoms with Gasteiger partial charge in [-0.25, -0.2) is 0 Å². The number of hydrogen-bond acceptors (Lipinski definition) is 5. The van der Waals surface area contributed by atoms with Crippen molar-refractivity contribution in [1.82, 2.24) is 0 Å².